The monoisotopic (exact) mass is 451 g/mol. The summed E-state index contributed by atoms with van der Waals surface area (Å²) in [5, 5.41) is 9.57. The second-order valence-corrected chi connectivity index (χ2v) is 8.59. The summed E-state index contributed by atoms with van der Waals surface area (Å²) < 4.78 is 6.94. The van der Waals surface area contributed by atoms with Crippen LogP contribution in [0, 0.1) is 11.3 Å². The first kappa shape index (κ1) is 23.1. The van der Waals surface area contributed by atoms with Gasteiger partial charge in [0.2, 0.25) is 0 Å². The highest BCUT2D eigenvalue weighted by atomic mass is 32.1. The van der Waals surface area contributed by atoms with Crippen LogP contribution in [0.5, 0.6) is 0 Å². The van der Waals surface area contributed by atoms with Crippen molar-refractivity contribution < 1.29 is 18.9 Å². The van der Waals surface area contributed by atoms with Gasteiger partial charge in [-0.15, -0.1) is 11.3 Å². The number of carbonyl (C=O) groups is 2. The van der Waals surface area contributed by atoms with Crippen molar-refractivity contribution in [2.75, 3.05) is 20.7 Å². The molecule has 3 rings (SSSR count). The van der Waals surface area contributed by atoms with Gasteiger partial charge < -0.3 is 15.4 Å². The smallest absolute Gasteiger partial charge is 0.310 e. The van der Waals surface area contributed by atoms with Gasteiger partial charge in [-0.2, -0.15) is 0 Å². The number of nitrogen functional groups attached to an aromatic ring is 1. The number of amidine groups is 1. The number of aryl methyl sites for hydroxylation is 1. The van der Waals surface area contributed by atoms with E-state index in [1.54, 1.807) is 30.1 Å². The van der Waals surface area contributed by atoms with Gasteiger partial charge in [0.1, 0.15) is 12.9 Å². The number of carbonyl (C=O) groups excluding carboxylic acids is 2. The molecule has 0 aliphatic rings. The van der Waals surface area contributed by atoms with Gasteiger partial charge in [0.15, 0.2) is 12.4 Å². The fourth-order valence-electron chi connectivity index (χ4n) is 3.50. The molecule has 0 saturated heterocycles. The third-order valence-corrected chi connectivity index (χ3v) is 6.10. The van der Waals surface area contributed by atoms with E-state index in [-0.39, 0.29) is 24.3 Å². The largest absolute Gasteiger partial charge is 0.469 e. The number of methoxy groups -OCH3 is 1. The van der Waals surface area contributed by atoms with E-state index in [2.05, 4.69) is 0 Å². The maximum atomic E-state index is 13.0. The van der Waals surface area contributed by atoms with E-state index < -0.39 is 5.92 Å². The van der Waals surface area contributed by atoms with Crippen LogP contribution in [0.2, 0.25) is 0 Å². The molecule has 0 spiro atoms. The average Bonchev–Trinajstić information content (AvgIpc) is 3.28. The number of hydrogen-bond donors (Lipinski definition) is 2. The molecule has 1 amide bonds. The summed E-state index contributed by atoms with van der Waals surface area (Å²) in [6, 6.07) is 13.0. The van der Waals surface area contributed by atoms with E-state index in [0.29, 0.717) is 16.9 Å². The first-order chi connectivity index (χ1) is 15.3. The van der Waals surface area contributed by atoms with E-state index in [9.17, 15) is 9.59 Å². The van der Waals surface area contributed by atoms with Crippen LogP contribution >= 0.6 is 11.3 Å². The van der Waals surface area contributed by atoms with Gasteiger partial charge >= 0.3 is 5.97 Å². The molecular weight excluding hydrogens is 424 g/mol. The van der Waals surface area contributed by atoms with E-state index in [4.69, 9.17) is 15.9 Å². The molecule has 32 heavy (non-hydrogen) atoms. The molecule has 0 fully saturated rings. The summed E-state index contributed by atoms with van der Waals surface area (Å²) in [5.74, 6) is -1.10. The molecule has 8 heteroatoms. The van der Waals surface area contributed by atoms with Crippen molar-refractivity contribution in [3.8, 4) is 11.1 Å². The fourth-order valence-corrected chi connectivity index (χ4v) is 4.41. The summed E-state index contributed by atoms with van der Waals surface area (Å²) in [6.07, 6.45) is 4.33. The zero-order valence-electron chi connectivity index (χ0n) is 18.4. The second kappa shape index (κ2) is 10.2. The molecule has 0 unspecified atom stereocenters. The summed E-state index contributed by atoms with van der Waals surface area (Å²) >= 11 is 1.38. The molecule has 2 aromatic heterocycles. The Labute approximate surface area is 191 Å². The predicted molar refractivity (Wildman–Crippen MR) is 125 cm³/mol. The number of ether oxygens (including phenoxy) is 1. The van der Waals surface area contributed by atoms with Crippen LogP contribution < -0.4 is 10.3 Å². The first-order valence-corrected chi connectivity index (χ1v) is 11.0. The Bertz CT molecular complexity index is 1140. The third-order valence-electron chi connectivity index (χ3n) is 5.18. The Kier molecular flexibility index (Phi) is 7.37. The predicted octanol–water partition coefficient (Wildman–Crippen LogP) is 2.63. The first-order valence-electron chi connectivity index (χ1n) is 10.1. The lowest BCUT2D eigenvalue weighted by molar-refractivity contribution is -0.671. The van der Waals surface area contributed by atoms with E-state index >= 15 is 0 Å². The highest BCUT2D eigenvalue weighted by Crippen LogP contribution is 2.26. The van der Waals surface area contributed by atoms with Crippen LogP contribution in [0.15, 0.2) is 60.2 Å². The van der Waals surface area contributed by atoms with Crippen molar-refractivity contribution in [2.24, 2.45) is 18.7 Å². The lowest BCUT2D eigenvalue weighted by atomic mass is 9.97. The highest BCUT2D eigenvalue weighted by molar-refractivity contribution is 7.12. The van der Waals surface area contributed by atoms with Crippen molar-refractivity contribution in [1.29, 1.82) is 5.41 Å². The molecule has 1 atom stereocenters. The number of hydrogen-bond acceptors (Lipinski definition) is 5. The van der Waals surface area contributed by atoms with Crippen molar-refractivity contribution in [2.45, 2.75) is 6.42 Å². The van der Waals surface area contributed by atoms with E-state index in [1.165, 1.54) is 18.4 Å². The quantitative estimate of drug-likeness (QED) is 0.238. The van der Waals surface area contributed by atoms with Gasteiger partial charge in [-0.3, -0.25) is 15.0 Å². The van der Waals surface area contributed by atoms with Gasteiger partial charge in [0.25, 0.3) is 5.91 Å². The number of pyridine rings is 1. The maximum Gasteiger partial charge on any atom is 0.310 e. The number of esters is 1. The number of nitrogens with two attached hydrogens (primary N) is 1. The van der Waals surface area contributed by atoms with Crippen LogP contribution in [0.1, 0.15) is 20.8 Å². The summed E-state index contributed by atoms with van der Waals surface area (Å²) in [4.78, 5) is 27.6. The molecule has 0 saturated carbocycles. The SMILES string of the molecule is COC(=O)[C@H](Cc1cccc(C(=N)N)c1)CN(C)C(=O)c1cc(-c2ccc[n+](C)c2)cs1. The van der Waals surface area contributed by atoms with E-state index in [1.807, 2.05) is 53.7 Å². The Hall–Kier alpha value is -3.52. The number of amides is 1. The molecule has 0 aliphatic heterocycles. The number of benzene rings is 1. The van der Waals surface area contributed by atoms with E-state index in [0.717, 1.165) is 16.7 Å². The van der Waals surface area contributed by atoms with Gasteiger partial charge in [0.05, 0.1) is 17.9 Å². The molecular formula is C24H27N4O3S+. The molecule has 166 valence electrons. The zero-order chi connectivity index (χ0) is 23.3. The van der Waals surface area contributed by atoms with Crippen LogP contribution in [0.25, 0.3) is 11.1 Å². The Morgan fingerprint density at radius 1 is 1.22 bits per heavy atom. The average molecular weight is 452 g/mol. The molecule has 0 aliphatic carbocycles. The molecule has 0 bridgehead atoms. The molecule has 1 aromatic carbocycles. The van der Waals surface area contributed by atoms with Crippen LogP contribution in [0.3, 0.4) is 0 Å². The van der Waals surface area contributed by atoms with Gasteiger partial charge in [-0.1, -0.05) is 18.2 Å². The van der Waals surface area contributed by atoms with Gasteiger partial charge in [-0.25, -0.2) is 4.57 Å². The molecule has 7 nitrogen and oxygen atoms in total. The Morgan fingerprint density at radius 2 is 2.00 bits per heavy atom. The van der Waals surface area contributed by atoms with Gasteiger partial charge in [0, 0.05) is 30.8 Å². The number of aromatic nitrogens is 1. The topological polar surface area (TPSA) is 100 Å². The third kappa shape index (κ3) is 5.59. The Morgan fingerprint density at radius 3 is 2.69 bits per heavy atom. The lowest BCUT2D eigenvalue weighted by Gasteiger charge is -2.22. The van der Waals surface area contributed by atoms with Gasteiger partial charge in [-0.05, 0) is 41.1 Å². The number of nitrogens with one attached hydrogen (secondary N) is 1. The normalized spacial score (nSPS) is 11.6. The lowest BCUT2D eigenvalue weighted by Crippen LogP contribution is -2.36. The number of thiophene rings is 1. The minimum absolute atomic E-state index is 0.0331. The second-order valence-electron chi connectivity index (χ2n) is 7.68. The molecule has 2 heterocycles. The summed E-state index contributed by atoms with van der Waals surface area (Å²) in [7, 11) is 4.98. The Balaban J connectivity index is 1.74. The van der Waals surface area contributed by atoms with Crippen LogP contribution in [0.4, 0.5) is 0 Å². The highest BCUT2D eigenvalue weighted by Gasteiger charge is 2.25. The van der Waals surface area contributed by atoms with Crippen molar-refractivity contribution in [1.82, 2.24) is 4.90 Å². The fraction of sp³-hybridized carbons (Fsp3) is 0.250. The summed E-state index contributed by atoms with van der Waals surface area (Å²) in [5.41, 5.74) is 9.03. The van der Waals surface area contributed by atoms with Crippen LogP contribution in [-0.4, -0.2) is 43.3 Å². The molecule has 0 radical (unpaired) electrons. The number of rotatable bonds is 8. The zero-order valence-corrected chi connectivity index (χ0v) is 19.2. The van der Waals surface area contributed by atoms with Crippen molar-refractivity contribution in [3.63, 3.8) is 0 Å². The van der Waals surface area contributed by atoms with Crippen molar-refractivity contribution >= 4 is 29.0 Å². The minimum Gasteiger partial charge on any atom is -0.469 e. The number of nitrogens with zero attached hydrogens (tertiary/aromatic N) is 2. The molecule has 3 aromatic rings. The minimum atomic E-state index is -0.538. The summed E-state index contributed by atoms with van der Waals surface area (Å²) in [6.45, 7) is 0.212. The van der Waals surface area contributed by atoms with Crippen molar-refractivity contribution in [3.05, 3.63) is 76.2 Å². The van der Waals surface area contributed by atoms with Crippen LogP contribution in [-0.2, 0) is 23.0 Å². The molecule has 3 N–H and O–H groups in total. The maximum absolute atomic E-state index is 13.0. The standard InChI is InChI=1S/C24H27N4O3S/c1-27-9-5-8-18(13-27)20-12-21(32-15-20)23(29)28(2)14-19(24(30)31-3)11-16-6-4-7-17(10-16)22(25)26/h4-10,12-13,15,19H,11,14H2,1-3H3,(H3,25,26)/q+1/t19-/m1/s1.